The average molecular weight is 167 g/mol. The van der Waals surface area contributed by atoms with Gasteiger partial charge in [-0.15, -0.1) is 0 Å². The Bertz CT molecular complexity index is 108. The molecule has 0 aromatic heterocycles. The van der Waals surface area contributed by atoms with Gasteiger partial charge in [-0.25, -0.2) is 5.32 Å². The molecule has 2 heterocycles. The van der Waals surface area contributed by atoms with Crippen molar-refractivity contribution in [1.29, 1.82) is 0 Å². The maximum atomic E-state index is 4.39. The molecule has 1 atom stereocenters. The molecule has 2 heteroatoms. The number of hydrogen-bond acceptors (Lipinski definition) is 1. The molecule has 2 aliphatic rings. The van der Waals surface area contributed by atoms with E-state index in [4.69, 9.17) is 0 Å². The Morgan fingerprint density at radius 1 is 1.00 bits per heavy atom. The molecule has 1 unspecified atom stereocenters. The normalized spacial score (nSPS) is 33.5. The van der Waals surface area contributed by atoms with Gasteiger partial charge in [-0.2, -0.15) is 0 Å². The largest absolute Gasteiger partial charge is 0.314 e. The summed E-state index contributed by atoms with van der Waals surface area (Å²) in [5.41, 5.74) is 0. The topological polar surface area (TPSA) is 26.1 Å². The van der Waals surface area contributed by atoms with E-state index in [2.05, 4.69) is 10.6 Å². The van der Waals surface area contributed by atoms with E-state index in [0.29, 0.717) is 0 Å². The van der Waals surface area contributed by atoms with Crippen LogP contribution < -0.4 is 10.6 Å². The first-order valence-electron chi connectivity index (χ1n) is 5.33. The maximum Gasteiger partial charge on any atom is 0.0136 e. The summed E-state index contributed by atoms with van der Waals surface area (Å²) in [6, 6.07) is 0.828. The second kappa shape index (κ2) is 4.24. The molecule has 0 aliphatic carbocycles. The summed E-state index contributed by atoms with van der Waals surface area (Å²) in [5, 5.41) is 8.04. The number of piperidine rings is 2. The summed E-state index contributed by atoms with van der Waals surface area (Å²) in [6.45, 7) is 3.48. The summed E-state index contributed by atoms with van der Waals surface area (Å²) in [4.78, 5) is 0. The molecule has 0 saturated carbocycles. The van der Waals surface area contributed by atoms with Crippen LogP contribution in [0.2, 0.25) is 0 Å². The van der Waals surface area contributed by atoms with Crippen molar-refractivity contribution in [2.24, 2.45) is 5.92 Å². The van der Waals surface area contributed by atoms with E-state index in [-0.39, 0.29) is 0 Å². The Morgan fingerprint density at radius 2 is 1.83 bits per heavy atom. The van der Waals surface area contributed by atoms with Gasteiger partial charge in [0.05, 0.1) is 0 Å². The summed E-state index contributed by atoms with van der Waals surface area (Å²) >= 11 is 0. The molecule has 2 rings (SSSR count). The molecule has 2 aliphatic heterocycles. The molecule has 0 amide bonds. The van der Waals surface area contributed by atoms with Crippen LogP contribution in [0, 0.1) is 5.92 Å². The Kier molecular flexibility index (Phi) is 3.01. The summed E-state index contributed by atoms with van der Waals surface area (Å²) in [6.07, 6.45) is 6.89. The summed E-state index contributed by atoms with van der Waals surface area (Å²) in [7, 11) is 0. The first-order chi connectivity index (χ1) is 5.97. The standard InChI is InChI=1S/C10H19N2/c1-2-6-12-10(3-1)9-4-7-11-8-5-9/h9-10,12H,1-8H2. The van der Waals surface area contributed by atoms with Crippen molar-refractivity contribution in [1.82, 2.24) is 10.6 Å². The predicted octanol–water partition coefficient (Wildman–Crippen LogP) is 1.14. The van der Waals surface area contributed by atoms with Crippen LogP contribution in [-0.2, 0) is 0 Å². The third-order valence-corrected chi connectivity index (χ3v) is 3.23. The molecular weight excluding hydrogens is 148 g/mol. The van der Waals surface area contributed by atoms with Crippen molar-refractivity contribution < 1.29 is 0 Å². The van der Waals surface area contributed by atoms with E-state index in [1.165, 1.54) is 38.6 Å². The van der Waals surface area contributed by atoms with Gasteiger partial charge in [-0.3, -0.25) is 0 Å². The molecule has 0 aromatic carbocycles. The van der Waals surface area contributed by atoms with Crippen LogP contribution >= 0.6 is 0 Å². The van der Waals surface area contributed by atoms with E-state index in [0.717, 1.165) is 25.0 Å². The third-order valence-electron chi connectivity index (χ3n) is 3.23. The van der Waals surface area contributed by atoms with Gasteiger partial charge >= 0.3 is 0 Å². The van der Waals surface area contributed by atoms with Crippen molar-refractivity contribution >= 4 is 0 Å². The highest BCUT2D eigenvalue weighted by atomic mass is 14.9. The van der Waals surface area contributed by atoms with Crippen LogP contribution in [0.15, 0.2) is 0 Å². The van der Waals surface area contributed by atoms with E-state index in [1.807, 2.05) is 0 Å². The average Bonchev–Trinajstić information content (AvgIpc) is 2.21. The Labute approximate surface area is 75.1 Å². The van der Waals surface area contributed by atoms with Crippen LogP contribution in [0.4, 0.5) is 0 Å². The molecule has 1 N–H and O–H groups in total. The molecule has 0 bridgehead atoms. The van der Waals surface area contributed by atoms with Crippen LogP contribution in [0.5, 0.6) is 0 Å². The van der Waals surface area contributed by atoms with E-state index >= 15 is 0 Å². The zero-order valence-electron chi connectivity index (χ0n) is 7.76. The molecule has 2 fully saturated rings. The van der Waals surface area contributed by atoms with Gasteiger partial charge in [0.15, 0.2) is 0 Å². The van der Waals surface area contributed by atoms with Crippen LogP contribution in [0.1, 0.15) is 32.1 Å². The van der Waals surface area contributed by atoms with Gasteiger partial charge in [0.1, 0.15) is 0 Å². The zero-order chi connectivity index (χ0) is 8.23. The minimum atomic E-state index is 0.828. The maximum absolute atomic E-state index is 4.39. The lowest BCUT2D eigenvalue weighted by molar-refractivity contribution is 0.241. The lowest BCUT2D eigenvalue weighted by Gasteiger charge is -2.33. The second-order valence-corrected chi connectivity index (χ2v) is 4.06. The molecule has 12 heavy (non-hydrogen) atoms. The second-order valence-electron chi connectivity index (χ2n) is 4.06. The molecule has 1 radical (unpaired) electrons. The first kappa shape index (κ1) is 8.52. The highest BCUT2D eigenvalue weighted by Gasteiger charge is 2.24. The highest BCUT2D eigenvalue weighted by molar-refractivity contribution is 4.82. The summed E-state index contributed by atoms with van der Waals surface area (Å²) in [5.74, 6) is 0.933. The molecule has 2 nitrogen and oxygen atoms in total. The van der Waals surface area contributed by atoms with E-state index in [1.54, 1.807) is 0 Å². The fourth-order valence-corrected chi connectivity index (χ4v) is 2.45. The van der Waals surface area contributed by atoms with E-state index < -0.39 is 0 Å². The monoisotopic (exact) mass is 167 g/mol. The lowest BCUT2D eigenvalue weighted by Crippen LogP contribution is -2.43. The first-order valence-corrected chi connectivity index (χ1v) is 5.33. The molecule has 69 valence electrons. The Hall–Kier alpha value is -0.0800. The van der Waals surface area contributed by atoms with Gasteiger partial charge < -0.3 is 5.32 Å². The lowest BCUT2D eigenvalue weighted by atomic mass is 9.86. The van der Waals surface area contributed by atoms with Crippen molar-refractivity contribution in [2.45, 2.75) is 38.1 Å². The SMILES string of the molecule is C1CCC(C2CC[N]CC2)NC1. The van der Waals surface area contributed by atoms with Gasteiger partial charge in [-0.05, 0) is 38.1 Å². The third kappa shape index (κ3) is 1.99. The van der Waals surface area contributed by atoms with Crippen molar-refractivity contribution in [3.05, 3.63) is 0 Å². The molecule has 0 aromatic rings. The highest BCUT2D eigenvalue weighted by Crippen LogP contribution is 2.22. The Morgan fingerprint density at radius 3 is 2.50 bits per heavy atom. The zero-order valence-corrected chi connectivity index (χ0v) is 7.76. The van der Waals surface area contributed by atoms with Crippen LogP contribution in [0.3, 0.4) is 0 Å². The van der Waals surface area contributed by atoms with Crippen molar-refractivity contribution in [3.8, 4) is 0 Å². The number of nitrogens with zero attached hydrogens (tertiary/aromatic N) is 1. The van der Waals surface area contributed by atoms with Crippen molar-refractivity contribution in [3.63, 3.8) is 0 Å². The van der Waals surface area contributed by atoms with Gasteiger partial charge in [0.2, 0.25) is 0 Å². The molecule has 0 spiro atoms. The van der Waals surface area contributed by atoms with Crippen LogP contribution in [0.25, 0.3) is 0 Å². The minimum Gasteiger partial charge on any atom is -0.314 e. The quantitative estimate of drug-likeness (QED) is 0.623. The summed E-state index contributed by atoms with van der Waals surface area (Å²) < 4.78 is 0. The van der Waals surface area contributed by atoms with E-state index in [9.17, 15) is 0 Å². The smallest absolute Gasteiger partial charge is 0.0136 e. The molecular formula is C10H19N2. The number of nitrogens with one attached hydrogen (secondary N) is 1. The van der Waals surface area contributed by atoms with Gasteiger partial charge in [-0.1, -0.05) is 6.42 Å². The van der Waals surface area contributed by atoms with Gasteiger partial charge in [0.25, 0.3) is 0 Å². The van der Waals surface area contributed by atoms with Gasteiger partial charge in [0, 0.05) is 19.1 Å². The Balaban J connectivity index is 1.80. The van der Waals surface area contributed by atoms with Crippen LogP contribution in [-0.4, -0.2) is 25.7 Å². The van der Waals surface area contributed by atoms with Crippen molar-refractivity contribution in [2.75, 3.05) is 19.6 Å². The fourth-order valence-electron chi connectivity index (χ4n) is 2.45. The number of rotatable bonds is 1. The minimum absolute atomic E-state index is 0.828. The fraction of sp³-hybridized carbons (Fsp3) is 1.00. The molecule has 2 saturated heterocycles. The predicted molar refractivity (Wildman–Crippen MR) is 50.2 cm³/mol. The number of hydrogen-bond donors (Lipinski definition) is 1.